The highest BCUT2D eigenvalue weighted by molar-refractivity contribution is 5.92. The SMILES string of the molecule is Cc1cc(C(=O)NCCC2CCN(C)CC2)nn1-c1c(F)cccc1F. The van der Waals surface area contributed by atoms with Gasteiger partial charge in [-0.1, -0.05) is 6.07 Å². The van der Waals surface area contributed by atoms with Gasteiger partial charge in [-0.05, 0) is 70.4 Å². The molecular weight excluding hydrogens is 338 g/mol. The van der Waals surface area contributed by atoms with E-state index in [1.807, 2.05) is 0 Å². The number of hydrogen-bond donors (Lipinski definition) is 1. The largest absolute Gasteiger partial charge is 0.351 e. The lowest BCUT2D eigenvalue weighted by Gasteiger charge is -2.28. The van der Waals surface area contributed by atoms with Crippen molar-refractivity contribution in [3.05, 3.63) is 47.3 Å². The summed E-state index contributed by atoms with van der Waals surface area (Å²) in [5.74, 6) is -1.13. The standard InChI is InChI=1S/C19H24F2N4O/c1-13-12-17(23-25(13)18-15(20)4-3-5-16(18)21)19(26)22-9-6-14-7-10-24(2)11-8-14/h3-5,12,14H,6-11H2,1-2H3,(H,22,26). The molecule has 0 spiro atoms. The second-order valence-corrected chi connectivity index (χ2v) is 6.94. The molecule has 3 rings (SSSR count). The molecule has 5 nitrogen and oxygen atoms in total. The minimum absolute atomic E-state index is 0.161. The highest BCUT2D eigenvalue weighted by Gasteiger charge is 2.19. The fourth-order valence-electron chi connectivity index (χ4n) is 3.33. The Morgan fingerprint density at radius 2 is 1.92 bits per heavy atom. The summed E-state index contributed by atoms with van der Waals surface area (Å²) in [6.45, 7) is 4.42. The summed E-state index contributed by atoms with van der Waals surface area (Å²) in [5, 5.41) is 6.96. The highest BCUT2D eigenvalue weighted by Crippen LogP contribution is 2.20. The van der Waals surface area contributed by atoms with E-state index in [0.717, 1.165) is 37.0 Å². The van der Waals surface area contributed by atoms with Gasteiger partial charge < -0.3 is 10.2 Å². The summed E-state index contributed by atoms with van der Waals surface area (Å²) >= 11 is 0. The Morgan fingerprint density at radius 3 is 2.58 bits per heavy atom. The van der Waals surface area contributed by atoms with Crippen molar-refractivity contribution in [1.82, 2.24) is 20.0 Å². The van der Waals surface area contributed by atoms with Gasteiger partial charge in [-0.15, -0.1) is 0 Å². The number of para-hydroxylation sites is 1. The smallest absolute Gasteiger partial charge is 0.271 e. The molecule has 0 atom stereocenters. The highest BCUT2D eigenvalue weighted by atomic mass is 19.1. The van der Waals surface area contributed by atoms with Crippen LogP contribution in [0, 0.1) is 24.5 Å². The van der Waals surface area contributed by atoms with E-state index in [1.54, 1.807) is 6.92 Å². The molecule has 1 fully saturated rings. The number of nitrogens with one attached hydrogen (secondary N) is 1. The first-order valence-corrected chi connectivity index (χ1v) is 8.93. The number of amides is 1. The van der Waals surface area contributed by atoms with Crippen molar-refractivity contribution in [3.8, 4) is 5.69 Å². The number of carbonyl (C=O) groups is 1. The second kappa shape index (κ2) is 7.95. The van der Waals surface area contributed by atoms with Crippen molar-refractivity contribution in [1.29, 1.82) is 0 Å². The van der Waals surface area contributed by atoms with Crippen LogP contribution in [0.4, 0.5) is 8.78 Å². The lowest BCUT2D eigenvalue weighted by Crippen LogP contribution is -2.32. The van der Waals surface area contributed by atoms with Crippen LogP contribution in [0.5, 0.6) is 0 Å². The molecule has 0 unspecified atom stereocenters. The Balaban J connectivity index is 1.62. The van der Waals surface area contributed by atoms with E-state index >= 15 is 0 Å². The molecule has 7 heteroatoms. The monoisotopic (exact) mass is 362 g/mol. The topological polar surface area (TPSA) is 50.2 Å². The summed E-state index contributed by atoms with van der Waals surface area (Å²) in [5.41, 5.74) is 0.387. The van der Waals surface area contributed by atoms with E-state index in [-0.39, 0.29) is 17.3 Å². The lowest BCUT2D eigenvalue weighted by atomic mass is 9.94. The first-order valence-electron chi connectivity index (χ1n) is 8.93. The van der Waals surface area contributed by atoms with Gasteiger partial charge in [0.15, 0.2) is 17.3 Å². The molecule has 0 radical (unpaired) electrons. The second-order valence-electron chi connectivity index (χ2n) is 6.94. The molecule has 1 aliphatic rings. The molecule has 0 bridgehead atoms. The minimum Gasteiger partial charge on any atom is -0.351 e. The van der Waals surface area contributed by atoms with E-state index in [0.29, 0.717) is 18.2 Å². The third-order valence-electron chi connectivity index (χ3n) is 4.95. The van der Waals surface area contributed by atoms with E-state index in [2.05, 4.69) is 22.4 Å². The molecule has 0 aliphatic carbocycles. The van der Waals surface area contributed by atoms with Crippen LogP contribution < -0.4 is 5.32 Å². The zero-order valence-electron chi connectivity index (χ0n) is 15.1. The van der Waals surface area contributed by atoms with Gasteiger partial charge in [0.05, 0.1) is 0 Å². The van der Waals surface area contributed by atoms with Crippen LogP contribution in [0.3, 0.4) is 0 Å². The number of aromatic nitrogens is 2. The van der Waals surface area contributed by atoms with Crippen LogP contribution >= 0.6 is 0 Å². The van der Waals surface area contributed by atoms with Crippen molar-refractivity contribution in [2.24, 2.45) is 5.92 Å². The molecule has 1 amide bonds. The summed E-state index contributed by atoms with van der Waals surface area (Å²) < 4.78 is 29.1. The van der Waals surface area contributed by atoms with Crippen molar-refractivity contribution in [3.63, 3.8) is 0 Å². The Bertz CT molecular complexity index is 762. The number of hydrogen-bond acceptors (Lipinski definition) is 3. The van der Waals surface area contributed by atoms with E-state index in [9.17, 15) is 13.6 Å². The summed E-state index contributed by atoms with van der Waals surface area (Å²) in [6, 6.07) is 5.17. The fraction of sp³-hybridized carbons (Fsp3) is 0.474. The number of nitrogens with zero attached hydrogens (tertiary/aromatic N) is 3. The molecule has 1 aromatic heterocycles. The Hall–Kier alpha value is -2.28. The molecular formula is C19H24F2N4O. The van der Waals surface area contributed by atoms with Gasteiger partial charge in [0.2, 0.25) is 0 Å². The normalized spacial score (nSPS) is 16.0. The minimum atomic E-state index is -0.717. The summed E-state index contributed by atoms with van der Waals surface area (Å²) in [4.78, 5) is 14.6. The van der Waals surface area contributed by atoms with Crippen molar-refractivity contribution in [2.75, 3.05) is 26.7 Å². The summed E-state index contributed by atoms with van der Waals surface area (Å²) in [6.07, 6.45) is 3.22. The maximum atomic E-state index is 14.0. The molecule has 26 heavy (non-hydrogen) atoms. The molecule has 1 aliphatic heterocycles. The van der Waals surface area contributed by atoms with Gasteiger partial charge in [0, 0.05) is 12.2 Å². The predicted molar refractivity (Wildman–Crippen MR) is 95.4 cm³/mol. The van der Waals surface area contributed by atoms with Gasteiger partial charge in [-0.25, -0.2) is 13.5 Å². The predicted octanol–water partition coefficient (Wildman–Crippen LogP) is 2.92. The van der Waals surface area contributed by atoms with Gasteiger partial charge in [-0.3, -0.25) is 4.79 Å². The van der Waals surface area contributed by atoms with Crippen molar-refractivity contribution >= 4 is 5.91 Å². The van der Waals surface area contributed by atoms with Crippen LogP contribution in [-0.2, 0) is 0 Å². The number of benzene rings is 1. The van der Waals surface area contributed by atoms with Crippen LogP contribution in [0.2, 0.25) is 0 Å². The van der Waals surface area contributed by atoms with Crippen LogP contribution in [0.1, 0.15) is 35.4 Å². The van der Waals surface area contributed by atoms with E-state index in [1.165, 1.54) is 24.3 Å². The molecule has 1 saturated heterocycles. The van der Waals surface area contributed by atoms with Crippen LogP contribution in [0.15, 0.2) is 24.3 Å². The van der Waals surface area contributed by atoms with Gasteiger partial charge in [-0.2, -0.15) is 5.10 Å². The zero-order chi connectivity index (χ0) is 18.7. The van der Waals surface area contributed by atoms with Gasteiger partial charge in [0.1, 0.15) is 5.69 Å². The Labute approximate surface area is 152 Å². The van der Waals surface area contributed by atoms with Crippen molar-refractivity contribution < 1.29 is 13.6 Å². The van der Waals surface area contributed by atoms with Crippen LogP contribution in [0.25, 0.3) is 5.69 Å². The van der Waals surface area contributed by atoms with Crippen molar-refractivity contribution in [2.45, 2.75) is 26.2 Å². The van der Waals surface area contributed by atoms with Gasteiger partial charge in [0.25, 0.3) is 5.91 Å². The average molecular weight is 362 g/mol. The molecule has 140 valence electrons. The number of likely N-dealkylation sites (tertiary alicyclic amines) is 1. The molecule has 1 N–H and O–H groups in total. The first kappa shape index (κ1) is 18.5. The summed E-state index contributed by atoms with van der Waals surface area (Å²) in [7, 11) is 2.12. The van der Waals surface area contributed by atoms with Gasteiger partial charge >= 0.3 is 0 Å². The third kappa shape index (κ3) is 4.09. The Morgan fingerprint density at radius 1 is 1.27 bits per heavy atom. The van der Waals surface area contributed by atoms with E-state index in [4.69, 9.17) is 0 Å². The average Bonchev–Trinajstić information content (AvgIpc) is 2.98. The van der Waals surface area contributed by atoms with E-state index < -0.39 is 11.6 Å². The number of halogens is 2. The molecule has 1 aromatic carbocycles. The number of aryl methyl sites for hydroxylation is 1. The number of rotatable bonds is 5. The maximum absolute atomic E-state index is 14.0. The number of carbonyl (C=O) groups excluding carboxylic acids is 1. The fourth-order valence-corrected chi connectivity index (χ4v) is 3.33. The number of piperidine rings is 1. The molecule has 2 heterocycles. The van der Waals surface area contributed by atoms with Crippen LogP contribution in [-0.4, -0.2) is 47.3 Å². The molecule has 2 aromatic rings. The maximum Gasteiger partial charge on any atom is 0.271 e. The zero-order valence-corrected chi connectivity index (χ0v) is 15.1. The third-order valence-corrected chi connectivity index (χ3v) is 4.95. The lowest BCUT2D eigenvalue weighted by molar-refractivity contribution is 0.0943. The first-order chi connectivity index (χ1) is 12.5. The molecule has 0 saturated carbocycles. The quantitative estimate of drug-likeness (QED) is 0.890. The Kier molecular flexibility index (Phi) is 5.66.